The molecule has 5 nitrogen and oxygen atoms in total. The summed E-state index contributed by atoms with van der Waals surface area (Å²) in [5.74, 6) is -1.80. The van der Waals surface area contributed by atoms with Crippen LogP contribution in [0.4, 0.5) is 0 Å². The minimum Gasteiger partial charge on any atom is -0.480 e. The molecular formula is C15H20BrNO4. The number of aliphatic carboxylic acids is 1. The van der Waals surface area contributed by atoms with E-state index in [9.17, 15) is 14.7 Å². The van der Waals surface area contributed by atoms with Crippen molar-refractivity contribution in [2.75, 3.05) is 6.61 Å². The molecule has 1 heterocycles. The molecule has 0 bridgehead atoms. The maximum atomic E-state index is 12.3. The summed E-state index contributed by atoms with van der Waals surface area (Å²) < 4.78 is 5.76. The zero-order chi connectivity index (χ0) is 16.0. The average molecular weight is 358 g/mol. The van der Waals surface area contributed by atoms with Gasteiger partial charge in [-0.05, 0) is 46.8 Å². The van der Waals surface area contributed by atoms with Gasteiger partial charge in [0.15, 0.2) is 5.41 Å². The number of pyridine rings is 1. The number of aromatic nitrogens is 1. The molecule has 0 radical (unpaired) electrons. The Morgan fingerprint density at radius 1 is 1.43 bits per heavy atom. The van der Waals surface area contributed by atoms with Crippen molar-refractivity contribution in [2.45, 2.75) is 33.6 Å². The Morgan fingerprint density at radius 2 is 2.10 bits per heavy atom. The Bertz CT molecular complexity index is 518. The standard InChI is InChI=1S/C15H20BrNO4/c1-4-21-14(20)15(13(18)19,6-10(2)3)7-11-5-12(16)9-17-8-11/h5,8-10H,4,6-7H2,1-3H3,(H,18,19). The van der Waals surface area contributed by atoms with Crippen molar-refractivity contribution < 1.29 is 19.4 Å². The molecule has 0 spiro atoms. The van der Waals surface area contributed by atoms with Crippen LogP contribution in [0.25, 0.3) is 0 Å². The van der Waals surface area contributed by atoms with Gasteiger partial charge in [0.1, 0.15) is 0 Å². The van der Waals surface area contributed by atoms with Gasteiger partial charge in [-0.1, -0.05) is 13.8 Å². The third-order valence-corrected chi connectivity index (χ3v) is 3.53. The number of ether oxygens (including phenoxy) is 1. The number of carbonyl (C=O) groups is 2. The summed E-state index contributed by atoms with van der Waals surface area (Å²) >= 11 is 3.30. The first-order chi connectivity index (χ1) is 9.81. The van der Waals surface area contributed by atoms with Gasteiger partial charge in [-0.25, -0.2) is 0 Å². The average Bonchev–Trinajstić information content (AvgIpc) is 2.37. The highest BCUT2D eigenvalue weighted by atomic mass is 79.9. The second kappa shape index (κ2) is 7.54. The second-order valence-electron chi connectivity index (χ2n) is 5.39. The summed E-state index contributed by atoms with van der Waals surface area (Å²) in [5.41, 5.74) is -0.896. The largest absolute Gasteiger partial charge is 0.480 e. The Morgan fingerprint density at radius 3 is 2.57 bits per heavy atom. The summed E-state index contributed by atoms with van der Waals surface area (Å²) in [6.45, 7) is 5.59. The molecule has 0 aliphatic rings. The third-order valence-electron chi connectivity index (χ3n) is 3.10. The van der Waals surface area contributed by atoms with Crippen molar-refractivity contribution in [1.29, 1.82) is 0 Å². The van der Waals surface area contributed by atoms with E-state index in [0.717, 1.165) is 4.47 Å². The summed E-state index contributed by atoms with van der Waals surface area (Å²) in [4.78, 5) is 28.1. The van der Waals surface area contributed by atoms with Gasteiger partial charge in [-0.2, -0.15) is 0 Å². The molecule has 1 unspecified atom stereocenters. The second-order valence-corrected chi connectivity index (χ2v) is 6.31. The zero-order valence-electron chi connectivity index (χ0n) is 12.4. The fourth-order valence-electron chi connectivity index (χ4n) is 2.35. The number of esters is 1. The molecule has 0 saturated carbocycles. The highest BCUT2D eigenvalue weighted by molar-refractivity contribution is 9.10. The lowest BCUT2D eigenvalue weighted by Crippen LogP contribution is -2.43. The van der Waals surface area contributed by atoms with Gasteiger partial charge in [-0.3, -0.25) is 14.6 Å². The molecule has 21 heavy (non-hydrogen) atoms. The Balaban J connectivity index is 3.21. The Hall–Kier alpha value is -1.43. The van der Waals surface area contributed by atoms with Crippen LogP contribution in [-0.2, 0) is 20.7 Å². The molecule has 0 aliphatic heterocycles. The molecule has 0 fully saturated rings. The smallest absolute Gasteiger partial charge is 0.323 e. The number of carbonyl (C=O) groups excluding carboxylic acids is 1. The van der Waals surface area contributed by atoms with Crippen molar-refractivity contribution in [1.82, 2.24) is 4.98 Å². The van der Waals surface area contributed by atoms with E-state index >= 15 is 0 Å². The van der Waals surface area contributed by atoms with Crippen molar-refractivity contribution in [3.05, 3.63) is 28.5 Å². The molecule has 6 heteroatoms. The first-order valence-electron chi connectivity index (χ1n) is 6.82. The van der Waals surface area contributed by atoms with Crippen molar-refractivity contribution >= 4 is 27.9 Å². The minimum atomic E-state index is -1.58. The van der Waals surface area contributed by atoms with Crippen LogP contribution in [0.5, 0.6) is 0 Å². The van der Waals surface area contributed by atoms with E-state index in [-0.39, 0.29) is 25.4 Å². The van der Waals surface area contributed by atoms with Gasteiger partial charge in [-0.15, -0.1) is 0 Å². The number of hydrogen-bond donors (Lipinski definition) is 1. The number of carboxylic acids is 1. The quantitative estimate of drug-likeness (QED) is 0.599. The highest BCUT2D eigenvalue weighted by Gasteiger charge is 2.48. The molecule has 1 aromatic heterocycles. The molecule has 0 saturated heterocycles. The fourth-order valence-corrected chi connectivity index (χ4v) is 2.76. The normalized spacial score (nSPS) is 13.8. The van der Waals surface area contributed by atoms with E-state index in [4.69, 9.17) is 4.74 Å². The van der Waals surface area contributed by atoms with Crippen LogP contribution in [0.3, 0.4) is 0 Å². The van der Waals surface area contributed by atoms with Crippen LogP contribution in [0, 0.1) is 11.3 Å². The molecule has 0 amide bonds. The van der Waals surface area contributed by atoms with Gasteiger partial charge in [0.25, 0.3) is 0 Å². The Kier molecular flexibility index (Phi) is 6.33. The summed E-state index contributed by atoms with van der Waals surface area (Å²) in [5, 5.41) is 9.67. The first kappa shape index (κ1) is 17.6. The van der Waals surface area contributed by atoms with Gasteiger partial charge in [0.05, 0.1) is 6.61 Å². The lowest BCUT2D eigenvalue weighted by atomic mass is 9.75. The van der Waals surface area contributed by atoms with Crippen LogP contribution in [0.15, 0.2) is 22.9 Å². The van der Waals surface area contributed by atoms with Gasteiger partial charge < -0.3 is 9.84 Å². The fraction of sp³-hybridized carbons (Fsp3) is 0.533. The molecule has 1 aromatic rings. The summed E-state index contributed by atoms with van der Waals surface area (Å²) in [7, 11) is 0. The van der Waals surface area contributed by atoms with Crippen LogP contribution in [0.2, 0.25) is 0 Å². The lowest BCUT2D eigenvalue weighted by Gasteiger charge is -2.28. The molecule has 1 rings (SSSR count). The van der Waals surface area contributed by atoms with E-state index in [0.29, 0.717) is 5.56 Å². The molecule has 0 aliphatic carbocycles. The Labute approximate surface area is 132 Å². The van der Waals surface area contributed by atoms with E-state index in [1.165, 1.54) is 0 Å². The number of rotatable bonds is 7. The van der Waals surface area contributed by atoms with Crippen molar-refractivity contribution in [3.63, 3.8) is 0 Å². The van der Waals surface area contributed by atoms with E-state index in [2.05, 4.69) is 20.9 Å². The highest BCUT2D eigenvalue weighted by Crippen LogP contribution is 2.33. The van der Waals surface area contributed by atoms with Gasteiger partial charge in [0.2, 0.25) is 0 Å². The van der Waals surface area contributed by atoms with E-state index in [1.54, 1.807) is 25.4 Å². The SMILES string of the molecule is CCOC(=O)C(Cc1cncc(Br)c1)(CC(C)C)C(=O)O. The zero-order valence-corrected chi connectivity index (χ0v) is 14.0. The molecule has 1 atom stereocenters. The predicted molar refractivity (Wildman–Crippen MR) is 81.8 cm³/mol. The topological polar surface area (TPSA) is 76.5 Å². The predicted octanol–water partition coefficient (Wildman–Crippen LogP) is 3.07. The van der Waals surface area contributed by atoms with Crippen LogP contribution in [0.1, 0.15) is 32.8 Å². The molecule has 116 valence electrons. The van der Waals surface area contributed by atoms with Gasteiger partial charge >= 0.3 is 11.9 Å². The lowest BCUT2D eigenvalue weighted by molar-refractivity contribution is -0.170. The van der Waals surface area contributed by atoms with Crippen LogP contribution < -0.4 is 0 Å². The van der Waals surface area contributed by atoms with E-state index in [1.807, 2.05) is 13.8 Å². The number of halogens is 1. The van der Waals surface area contributed by atoms with E-state index < -0.39 is 17.4 Å². The molecule has 1 N–H and O–H groups in total. The maximum Gasteiger partial charge on any atom is 0.323 e. The minimum absolute atomic E-state index is 0.0469. The molecular weight excluding hydrogens is 338 g/mol. The number of nitrogens with zero attached hydrogens (tertiary/aromatic N) is 1. The van der Waals surface area contributed by atoms with Crippen LogP contribution in [-0.4, -0.2) is 28.6 Å². The number of hydrogen-bond acceptors (Lipinski definition) is 4. The first-order valence-corrected chi connectivity index (χ1v) is 7.61. The maximum absolute atomic E-state index is 12.3. The van der Waals surface area contributed by atoms with Crippen molar-refractivity contribution in [2.24, 2.45) is 11.3 Å². The monoisotopic (exact) mass is 357 g/mol. The summed E-state index contributed by atoms with van der Waals surface area (Å²) in [6, 6.07) is 1.77. The molecule has 0 aromatic carbocycles. The summed E-state index contributed by atoms with van der Waals surface area (Å²) in [6.07, 6.45) is 3.46. The number of carboxylic acid groups (broad SMARTS) is 1. The van der Waals surface area contributed by atoms with Crippen LogP contribution >= 0.6 is 15.9 Å². The van der Waals surface area contributed by atoms with Gasteiger partial charge in [0, 0.05) is 23.3 Å². The van der Waals surface area contributed by atoms with Crippen molar-refractivity contribution in [3.8, 4) is 0 Å². The third kappa shape index (κ3) is 4.52.